The van der Waals surface area contributed by atoms with Gasteiger partial charge in [0, 0.05) is 35.8 Å². The minimum Gasteiger partial charge on any atom is -0.361 e. The lowest BCUT2D eigenvalue weighted by molar-refractivity contribution is -0.126. The largest absolute Gasteiger partial charge is 0.361 e. The molecule has 1 atom stereocenters. The van der Waals surface area contributed by atoms with Crippen molar-refractivity contribution in [3.05, 3.63) is 65.4 Å². The molecule has 0 spiro atoms. The molecule has 1 aromatic heterocycles. The van der Waals surface area contributed by atoms with Gasteiger partial charge in [-0.2, -0.15) is 0 Å². The molecule has 4 rings (SSSR count). The van der Waals surface area contributed by atoms with Gasteiger partial charge in [0.25, 0.3) is 0 Å². The molecule has 6 nitrogen and oxygen atoms in total. The average Bonchev–Trinajstić information content (AvgIpc) is 3.29. The Morgan fingerprint density at radius 3 is 2.26 bits per heavy atom. The van der Waals surface area contributed by atoms with Gasteiger partial charge in [-0.25, -0.2) is 4.79 Å². The molecule has 3 aromatic rings. The molecule has 6 heteroatoms. The van der Waals surface area contributed by atoms with Gasteiger partial charge in [-0.05, 0) is 60.3 Å². The van der Waals surface area contributed by atoms with Gasteiger partial charge in [0.1, 0.15) is 5.54 Å². The molecule has 1 heterocycles. The number of anilines is 1. The molecular formula is C32H44N4O2. The molecule has 0 saturated heterocycles. The fraction of sp³-hybridized carbons (Fsp3) is 0.500. The SMILES string of the molecule is CC(C)c1cccc(C(C)C)c1NC(=O)NC(C)(Cc1c[nH]c2ccccc12)C(=O)NCC1CCCCC1. The van der Waals surface area contributed by atoms with E-state index in [1.54, 1.807) is 0 Å². The van der Waals surface area contributed by atoms with Gasteiger partial charge in [0.05, 0.1) is 0 Å². The zero-order valence-electron chi connectivity index (χ0n) is 23.6. The minimum absolute atomic E-state index is 0.148. The highest BCUT2D eigenvalue weighted by Crippen LogP contribution is 2.32. The van der Waals surface area contributed by atoms with Gasteiger partial charge in [0.2, 0.25) is 5.91 Å². The van der Waals surface area contributed by atoms with Crippen LogP contribution in [0.3, 0.4) is 0 Å². The Morgan fingerprint density at radius 2 is 1.61 bits per heavy atom. The number of carbonyl (C=O) groups excluding carboxylic acids is 2. The molecule has 4 N–H and O–H groups in total. The third-order valence-electron chi connectivity index (χ3n) is 8.00. The normalized spacial score (nSPS) is 16.0. The van der Waals surface area contributed by atoms with Crippen LogP contribution >= 0.6 is 0 Å². The highest BCUT2D eigenvalue weighted by molar-refractivity contribution is 5.97. The molecule has 204 valence electrons. The van der Waals surface area contributed by atoms with E-state index in [9.17, 15) is 9.59 Å². The minimum atomic E-state index is -1.13. The Morgan fingerprint density at radius 1 is 0.947 bits per heavy atom. The topological polar surface area (TPSA) is 86.0 Å². The highest BCUT2D eigenvalue weighted by Gasteiger charge is 2.36. The van der Waals surface area contributed by atoms with Gasteiger partial charge >= 0.3 is 6.03 Å². The Bertz CT molecular complexity index is 1230. The predicted octanol–water partition coefficient (Wildman–Crippen LogP) is 7.23. The molecule has 0 aliphatic heterocycles. The van der Waals surface area contributed by atoms with Crippen molar-refractivity contribution in [2.45, 2.75) is 90.5 Å². The third kappa shape index (κ3) is 6.40. The van der Waals surface area contributed by atoms with Crippen LogP contribution < -0.4 is 16.0 Å². The van der Waals surface area contributed by atoms with Crippen molar-refractivity contribution >= 4 is 28.5 Å². The van der Waals surface area contributed by atoms with Gasteiger partial charge < -0.3 is 20.9 Å². The van der Waals surface area contributed by atoms with E-state index in [4.69, 9.17) is 0 Å². The smallest absolute Gasteiger partial charge is 0.320 e. The Hall–Kier alpha value is -3.28. The molecule has 1 aliphatic carbocycles. The van der Waals surface area contributed by atoms with E-state index in [0.717, 1.165) is 46.1 Å². The van der Waals surface area contributed by atoms with Crippen LogP contribution in [0.4, 0.5) is 10.5 Å². The summed E-state index contributed by atoms with van der Waals surface area (Å²) in [7, 11) is 0. The standard InChI is InChI=1S/C32H44N4O2/c1-21(2)25-15-11-16-26(22(3)4)29(25)35-31(38)36-32(5,30(37)34-19-23-12-7-6-8-13-23)18-24-20-33-28-17-10-9-14-27(24)28/h9-11,14-17,20-23,33H,6-8,12-13,18-19H2,1-5H3,(H,34,37)(H2,35,36,38). The first-order valence-electron chi connectivity index (χ1n) is 14.2. The summed E-state index contributed by atoms with van der Waals surface area (Å²) < 4.78 is 0. The van der Waals surface area contributed by atoms with Crippen molar-refractivity contribution in [1.29, 1.82) is 0 Å². The van der Waals surface area contributed by atoms with Crippen LogP contribution in [0.25, 0.3) is 10.9 Å². The molecular weight excluding hydrogens is 472 g/mol. The number of hydrogen-bond acceptors (Lipinski definition) is 2. The number of benzene rings is 2. The first kappa shape index (κ1) is 27.7. The van der Waals surface area contributed by atoms with Crippen molar-refractivity contribution in [2.75, 3.05) is 11.9 Å². The van der Waals surface area contributed by atoms with Gasteiger partial charge in [-0.15, -0.1) is 0 Å². The molecule has 0 radical (unpaired) electrons. The summed E-state index contributed by atoms with van der Waals surface area (Å²) in [5.74, 6) is 0.857. The zero-order valence-corrected chi connectivity index (χ0v) is 23.6. The van der Waals surface area contributed by atoms with E-state index in [1.165, 1.54) is 19.3 Å². The van der Waals surface area contributed by atoms with E-state index in [2.05, 4.69) is 66.8 Å². The van der Waals surface area contributed by atoms with Crippen LogP contribution in [0.2, 0.25) is 0 Å². The number of rotatable bonds is 9. The number of fused-ring (bicyclic) bond motifs is 1. The number of hydrogen-bond donors (Lipinski definition) is 4. The number of aromatic amines is 1. The van der Waals surface area contributed by atoms with Crippen molar-refractivity contribution in [2.24, 2.45) is 5.92 Å². The maximum Gasteiger partial charge on any atom is 0.320 e. The zero-order chi connectivity index (χ0) is 27.3. The molecule has 1 saturated carbocycles. The van der Waals surface area contributed by atoms with Gasteiger partial charge in [-0.3, -0.25) is 4.79 Å². The number of para-hydroxylation sites is 2. The lowest BCUT2D eigenvalue weighted by Crippen LogP contribution is -2.59. The summed E-state index contributed by atoms with van der Waals surface area (Å²) in [5.41, 5.74) is 3.91. The Labute approximate surface area is 227 Å². The van der Waals surface area contributed by atoms with E-state index in [-0.39, 0.29) is 23.8 Å². The first-order valence-corrected chi connectivity index (χ1v) is 14.2. The van der Waals surface area contributed by atoms with Gasteiger partial charge in [0.15, 0.2) is 0 Å². The van der Waals surface area contributed by atoms with Crippen LogP contribution in [0.15, 0.2) is 48.7 Å². The van der Waals surface area contributed by atoms with Crippen LogP contribution in [-0.4, -0.2) is 29.0 Å². The number of H-pyrrole nitrogens is 1. The number of amides is 3. The monoisotopic (exact) mass is 516 g/mol. The average molecular weight is 517 g/mol. The molecule has 3 amide bonds. The second kappa shape index (κ2) is 12.1. The summed E-state index contributed by atoms with van der Waals surface area (Å²) in [5, 5.41) is 10.5. The number of nitrogens with one attached hydrogen (secondary N) is 4. The third-order valence-corrected chi connectivity index (χ3v) is 8.00. The first-order chi connectivity index (χ1) is 18.2. The van der Waals surface area contributed by atoms with E-state index >= 15 is 0 Å². The summed E-state index contributed by atoms with van der Waals surface area (Å²) in [4.78, 5) is 30.6. The molecule has 38 heavy (non-hydrogen) atoms. The van der Waals surface area contributed by atoms with Crippen molar-refractivity contribution in [3.63, 3.8) is 0 Å². The number of urea groups is 1. The Balaban J connectivity index is 1.59. The van der Waals surface area contributed by atoms with Crippen LogP contribution in [0.5, 0.6) is 0 Å². The molecule has 1 aliphatic rings. The second-order valence-corrected chi connectivity index (χ2v) is 11.8. The maximum absolute atomic E-state index is 13.7. The van der Waals surface area contributed by atoms with Crippen LogP contribution in [0.1, 0.15) is 95.2 Å². The lowest BCUT2D eigenvalue weighted by Gasteiger charge is -2.31. The fourth-order valence-electron chi connectivity index (χ4n) is 5.75. The summed E-state index contributed by atoms with van der Waals surface area (Å²) in [6.07, 6.45) is 8.35. The van der Waals surface area contributed by atoms with Gasteiger partial charge in [-0.1, -0.05) is 83.4 Å². The van der Waals surface area contributed by atoms with E-state index in [0.29, 0.717) is 18.9 Å². The Kier molecular flexibility index (Phi) is 8.80. The number of carbonyl (C=O) groups is 2. The quantitative estimate of drug-likeness (QED) is 0.242. The van der Waals surface area contributed by atoms with Crippen molar-refractivity contribution in [3.8, 4) is 0 Å². The van der Waals surface area contributed by atoms with Crippen LogP contribution in [0, 0.1) is 5.92 Å². The number of aromatic nitrogens is 1. The fourth-order valence-corrected chi connectivity index (χ4v) is 5.75. The summed E-state index contributed by atoms with van der Waals surface area (Å²) >= 11 is 0. The predicted molar refractivity (Wildman–Crippen MR) is 157 cm³/mol. The summed E-state index contributed by atoms with van der Waals surface area (Å²) in [6, 6.07) is 13.9. The van der Waals surface area contributed by atoms with E-state index < -0.39 is 5.54 Å². The second-order valence-electron chi connectivity index (χ2n) is 11.8. The van der Waals surface area contributed by atoms with Crippen molar-refractivity contribution in [1.82, 2.24) is 15.6 Å². The van der Waals surface area contributed by atoms with E-state index in [1.807, 2.05) is 37.4 Å². The van der Waals surface area contributed by atoms with Crippen LogP contribution in [-0.2, 0) is 11.2 Å². The highest BCUT2D eigenvalue weighted by atomic mass is 16.2. The maximum atomic E-state index is 13.7. The lowest BCUT2D eigenvalue weighted by atomic mass is 9.88. The molecule has 2 aromatic carbocycles. The molecule has 1 unspecified atom stereocenters. The molecule has 1 fully saturated rings. The van der Waals surface area contributed by atoms with Crippen molar-refractivity contribution < 1.29 is 9.59 Å². The summed E-state index contributed by atoms with van der Waals surface area (Å²) in [6.45, 7) is 11.0. The molecule has 0 bridgehead atoms.